The molecule has 100 valence electrons. The Kier molecular flexibility index (Phi) is 3.84. The van der Waals surface area contributed by atoms with E-state index in [1.54, 1.807) is 30.7 Å². The normalized spacial score (nSPS) is 12.4. The van der Waals surface area contributed by atoms with E-state index in [4.69, 9.17) is 5.11 Å². The number of aliphatic carboxylic acids is 1. The van der Waals surface area contributed by atoms with Crippen molar-refractivity contribution in [1.29, 1.82) is 0 Å². The number of carboxylic acid groups (broad SMARTS) is 1. The molecule has 1 heterocycles. The van der Waals surface area contributed by atoms with Crippen LogP contribution < -0.4 is 0 Å². The van der Waals surface area contributed by atoms with Crippen LogP contribution in [0.1, 0.15) is 6.92 Å². The highest BCUT2D eigenvalue weighted by molar-refractivity contribution is 8.00. The van der Waals surface area contributed by atoms with E-state index in [2.05, 4.69) is 10.2 Å². The fraction of sp³-hybridized carbons (Fsp3) is 0.250. The van der Waals surface area contributed by atoms with Gasteiger partial charge in [0.1, 0.15) is 11.1 Å². The van der Waals surface area contributed by atoms with Crippen molar-refractivity contribution >= 4 is 17.7 Å². The van der Waals surface area contributed by atoms with E-state index in [0.29, 0.717) is 11.0 Å². The first-order valence-corrected chi connectivity index (χ1v) is 6.42. The van der Waals surface area contributed by atoms with Gasteiger partial charge in [-0.2, -0.15) is 0 Å². The predicted octanol–water partition coefficient (Wildman–Crippen LogP) is 2.19. The van der Waals surface area contributed by atoms with Gasteiger partial charge in [0.25, 0.3) is 0 Å². The lowest BCUT2D eigenvalue weighted by Gasteiger charge is -2.06. The first kappa shape index (κ1) is 13.5. The van der Waals surface area contributed by atoms with Crippen LogP contribution in [0.4, 0.5) is 4.39 Å². The van der Waals surface area contributed by atoms with E-state index in [1.807, 2.05) is 0 Å². The van der Waals surface area contributed by atoms with Crippen molar-refractivity contribution in [2.24, 2.45) is 7.05 Å². The van der Waals surface area contributed by atoms with Gasteiger partial charge in [0, 0.05) is 12.6 Å². The Balaban J connectivity index is 2.27. The van der Waals surface area contributed by atoms with Crippen molar-refractivity contribution in [2.75, 3.05) is 0 Å². The summed E-state index contributed by atoms with van der Waals surface area (Å²) in [7, 11) is 1.75. The molecule has 1 unspecified atom stereocenters. The van der Waals surface area contributed by atoms with E-state index in [-0.39, 0.29) is 5.82 Å². The highest BCUT2D eigenvalue weighted by atomic mass is 32.2. The molecule has 0 aliphatic heterocycles. The average molecular weight is 281 g/mol. The third-order valence-corrected chi connectivity index (χ3v) is 3.69. The zero-order valence-electron chi connectivity index (χ0n) is 10.4. The minimum atomic E-state index is -0.906. The smallest absolute Gasteiger partial charge is 0.316 e. The maximum absolute atomic E-state index is 12.9. The van der Waals surface area contributed by atoms with E-state index in [0.717, 1.165) is 17.3 Å². The van der Waals surface area contributed by atoms with E-state index in [9.17, 15) is 9.18 Å². The third-order valence-electron chi connectivity index (χ3n) is 2.57. The molecule has 5 nitrogen and oxygen atoms in total. The second kappa shape index (κ2) is 5.40. The molecule has 0 aliphatic carbocycles. The molecular weight excluding hydrogens is 269 g/mol. The molecule has 0 radical (unpaired) electrons. The summed E-state index contributed by atoms with van der Waals surface area (Å²) in [5.41, 5.74) is 0.728. The van der Waals surface area contributed by atoms with Gasteiger partial charge in [0.15, 0.2) is 11.0 Å². The molecule has 0 spiro atoms. The molecule has 7 heteroatoms. The summed E-state index contributed by atoms with van der Waals surface area (Å²) in [5.74, 6) is -0.656. The minimum absolute atomic E-state index is 0.319. The Hall–Kier alpha value is -1.89. The van der Waals surface area contributed by atoms with Crippen LogP contribution in [0.15, 0.2) is 29.4 Å². The Morgan fingerprint density at radius 3 is 2.58 bits per heavy atom. The molecule has 0 bridgehead atoms. The van der Waals surface area contributed by atoms with Crippen LogP contribution in [0.5, 0.6) is 0 Å². The van der Waals surface area contributed by atoms with E-state index < -0.39 is 11.2 Å². The number of hydrogen-bond donors (Lipinski definition) is 1. The Labute approximate surface area is 113 Å². The molecule has 0 saturated carbocycles. The Morgan fingerprint density at radius 1 is 1.37 bits per heavy atom. The molecule has 19 heavy (non-hydrogen) atoms. The fourth-order valence-corrected chi connectivity index (χ4v) is 2.23. The molecule has 0 aliphatic rings. The molecular formula is C12H12FN3O2S. The zero-order chi connectivity index (χ0) is 14.0. The maximum atomic E-state index is 12.9. The number of hydrogen-bond acceptors (Lipinski definition) is 4. The summed E-state index contributed by atoms with van der Waals surface area (Å²) in [5, 5.41) is 16.7. The van der Waals surface area contributed by atoms with Crippen LogP contribution in [-0.2, 0) is 11.8 Å². The van der Waals surface area contributed by atoms with Gasteiger partial charge in [-0.1, -0.05) is 11.8 Å². The van der Waals surface area contributed by atoms with Crippen LogP contribution in [0, 0.1) is 5.82 Å². The van der Waals surface area contributed by atoms with Crippen molar-refractivity contribution in [2.45, 2.75) is 17.3 Å². The summed E-state index contributed by atoms with van der Waals surface area (Å²) < 4.78 is 14.5. The largest absolute Gasteiger partial charge is 0.480 e. The Morgan fingerprint density at radius 2 is 2.00 bits per heavy atom. The van der Waals surface area contributed by atoms with Crippen LogP contribution >= 0.6 is 11.8 Å². The predicted molar refractivity (Wildman–Crippen MR) is 69.4 cm³/mol. The lowest BCUT2D eigenvalue weighted by molar-refractivity contribution is -0.136. The highest BCUT2D eigenvalue weighted by Gasteiger charge is 2.18. The molecule has 2 rings (SSSR count). The van der Waals surface area contributed by atoms with Crippen molar-refractivity contribution in [1.82, 2.24) is 14.8 Å². The molecule has 0 fully saturated rings. The highest BCUT2D eigenvalue weighted by Crippen LogP contribution is 2.25. The van der Waals surface area contributed by atoms with Crippen molar-refractivity contribution in [3.63, 3.8) is 0 Å². The van der Waals surface area contributed by atoms with Crippen LogP contribution in [-0.4, -0.2) is 31.1 Å². The van der Waals surface area contributed by atoms with Gasteiger partial charge in [-0.15, -0.1) is 10.2 Å². The topological polar surface area (TPSA) is 68.0 Å². The molecule has 1 atom stereocenters. The van der Waals surface area contributed by atoms with Gasteiger partial charge >= 0.3 is 5.97 Å². The molecule has 0 amide bonds. The lowest BCUT2D eigenvalue weighted by atomic mass is 10.2. The monoisotopic (exact) mass is 281 g/mol. The van der Waals surface area contributed by atoms with Gasteiger partial charge in [0.05, 0.1) is 0 Å². The third kappa shape index (κ3) is 2.93. The number of thioether (sulfide) groups is 1. The van der Waals surface area contributed by atoms with Gasteiger partial charge in [-0.3, -0.25) is 4.79 Å². The summed E-state index contributed by atoms with van der Waals surface area (Å²) in [6, 6.07) is 5.90. The number of halogens is 1. The van der Waals surface area contributed by atoms with Gasteiger partial charge in [0.2, 0.25) is 0 Å². The first-order chi connectivity index (χ1) is 8.99. The molecule has 2 aromatic rings. The molecule has 1 aromatic carbocycles. The molecule has 0 saturated heterocycles. The number of nitrogens with zero attached hydrogens (tertiary/aromatic N) is 3. The van der Waals surface area contributed by atoms with Crippen molar-refractivity contribution in [3.05, 3.63) is 30.1 Å². The lowest BCUT2D eigenvalue weighted by Crippen LogP contribution is -2.12. The summed E-state index contributed by atoms with van der Waals surface area (Å²) in [6.45, 7) is 1.58. The second-order valence-electron chi connectivity index (χ2n) is 3.97. The standard InChI is InChI=1S/C12H12FN3O2S/c1-7(11(17)18)19-12-15-14-10(16(12)2)8-3-5-9(13)6-4-8/h3-7H,1-2H3,(H,17,18). The van der Waals surface area contributed by atoms with Crippen LogP contribution in [0.2, 0.25) is 0 Å². The summed E-state index contributed by atoms with van der Waals surface area (Å²) >= 11 is 1.11. The van der Waals surface area contributed by atoms with Gasteiger partial charge < -0.3 is 9.67 Å². The minimum Gasteiger partial charge on any atom is -0.480 e. The average Bonchev–Trinajstić information content (AvgIpc) is 2.72. The number of aromatic nitrogens is 3. The Bertz CT molecular complexity index is 598. The second-order valence-corrected chi connectivity index (χ2v) is 5.28. The van der Waals surface area contributed by atoms with Gasteiger partial charge in [-0.25, -0.2) is 4.39 Å². The zero-order valence-corrected chi connectivity index (χ0v) is 11.2. The number of carbonyl (C=O) groups is 1. The first-order valence-electron chi connectivity index (χ1n) is 5.54. The summed E-state index contributed by atoms with van der Waals surface area (Å²) in [4.78, 5) is 10.8. The van der Waals surface area contributed by atoms with E-state index in [1.165, 1.54) is 12.1 Å². The quantitative estimate of drug-likeness (QED) is 0.870. The number of carboxylic acids is 1. The molecule has 1 N–H and O–H groups in total. The fourth-order valence-electron chi connectivity index (χ4n) is 1.48. The van der Waals surface area contributed by atoms with Crippen LogP contribution in [0.25, 0.3) is 11.4 Å². The van der Waals surface area contributed by atoms with Crippen molar-refractivity contribution in [3.8, 4) is 11.4 Å². The summed E-state index contributed by atoms with van der Waals surface area (Å²) in [6.07, 6.45) is 0. The maximum Gasteiger partial charge on any atom is 0.316 e. The van der Waals surface area contributed by atoms with E-state index >= 15 is 0 Å². The van der Waals surface area contributed by atoms with Crippen molar-refractivity contribution < 1.29 is 14.3 Å². The molecule has 1 aromatic heterocycles. The van der Waals surface area contributed by atoms with Crippen LogP contribution in [0.3, 0.4) is 0 Å². The number of rotatable bonds is 4. The SMILES string of the molecule is CC(Sc1nnc(-c2ccc(F)cc2)n1C)C(=O)O. The number of benzene rings is 1. The van der Waals surface area contributed by atoms with Gasteiger partial charge in [-0.05, 0) is 31.2 Å².